The number of nitrogens with one attached hydrogen (secondary N) is 1. The van der Waals surface area contributed by atoms with Crippen LogP contribution in [0, 0.1) is 5.92 Å². The van der Waals surface area contributed by atoms with Crippen LogP contribution in [0.25, 0.3) is 16.7 Å². The van der Waals surface area contributed by atoms with Gasteiger partial charge in [0.25, 0.3) is 0 Å². The molecular formula is C18H23N5. The van der Waals surface area contributed by atoms with E-state index in [1.807, 2.05) is 6.07 Å². The smallest absolute Gasteiger partial charge is 0.181 e. The van der Waals surface area contributed by atoms with E-state index in [4.69, 9.17) is 5.73 Å². The largest absolute Gasteiger partial charge is 0.366 e. The van der Waals surface area contributed by atoms with Crippen molar-refractivity contribution in [2.45, 2.75) is 31.7 Å². The van der Waals surface area contributed by atoms with Gasteiger partial charge in [-0.15, -0.1) is 0 Å². The summed E-state index contributed by atoms with van der Waals surface area (Å²) in [5.74, 6) is 0.733. The zero-order chi connectivity index (χ0) is 15.6. The molecule has 0 amide bonds. The Kier molecular flexibility index (Phi) is 3.87. The number of allylic oxidation sites excluding steroid dienone is 2. The summed E-state index contributed by atoms with van der Waals surface area (Å²) in [6.07, 6.45) is 13.1. The number of hydrogen-bond donors (Lipinski definition) is 2. The van der Waals surface area contributed by atoms with Crippen molar-refractivity contribution in [2.75, 3.05) is 13.1 Å². The maximum absolute atomic E-state index is 6.04. The summed E-state index contributed by atoms with van der Waals surface area (Å²) in [7, 11) is 0. The number of aromatic amines is 1. The second kappa shape index (κ2) is 6.16. The third kappa shape index (κ3) is 2.88. The molecule has 0 bridgehead atoms. The molecule has 1 aliphatic carbocycles. The van der Waals surface area contributed by atoms with Crippen molar-refractivity contribution >= 4 is 16.7 Å². The maximum atomic E-state index is 6.04. The molecule has 0 aromatic carbocycles. The van der Waals surface area contributed by atoms with Crippen molar-refractivity contribution in [3.63, 3.8) is 0 Å². The number of fused-ring (bicyclic) bond motifs is 1. The van der Waals surface area contributed by atoms with E-state index in [1.165, 1.54) is 18.5 Å². The second-order valence-corrected chi connectivity index (χ2v) is 6.64. The molecule has 0 radical (unpaired) electrons. The normalized spacial score (nSPS) is 24.9. The molecule has 4 rings (SSSR count). The number of nitrogens with two attached hydrogens (primary N) is 1. The van der Waals surface area contributed by atoms with Gasteiger partial charge in [-0.1, -0.05) is 12.2 Å². The van der Waals surface area contributed by atoms with E-state index in [2.05, 4.69) is 44.4 Å². The molecule has 5 nitrogen and oxygen atoms in total. The van der Waals surface area contributed by atoms with Crippen molar-refractivity contribution in [3.05, 3.63) is 42.3 Å². The van der Waals surface area contributed by atoms with E-state index < -0.39 is 0 Å². The van der Waals surface area contributed by atoms with Crippen molar-refractivity contribution in [3.8, 4) is 0 Å². The van der Waals surface area contributed by atoms with E-state index in [0.29, 0.717) is 6.04 Å². The van der Waals surface area contributed by atoms with E-state index >= 15 is 0 Å². The Bertz CT molecular complexity index is 737. The van der Waals surface area contributed by atoms with E-state index in [1.54, 1.807) is 6.20 Å². The molecule has 0 unspecified atom stereocenters. The maximum Gasteiger partial charge on any atom is 0.181 e. The number of nitrogens with zero attached hydrogens (tertiary/aromatic N) is 3. The van der Waals surface area contributed by atoms with Gasteiger partial charge in [-0.05, 0) is 49.8 Å². The molecule has 1 fully saturated rings. The highest BCUT2D eigenvalue weighted by Gasteiger charge is 2.24. The van der Waals surface area contributed by atoms with Crippen LogP contribution in [0.2, 0.25) is 0 Å². The highest BCUT2D eigenvalue weighted by molar-refractivity contribution is 5.88. The van der Waals surface area contributed by atoms with Crippen LogP contribution in [0.3, 0.4) is 0 Å². The number of aromatic nitrogens is 3. The molecule has 0 spiro atoms. The lowest BCUT2D eigenvalue weighted by atomic mass is 9.86. The molecular weight excluding hydrogens is 286 g/mol. The standard InChI is InChI=1S/C18H23N5/c19-14-8-6-13(7-9-14)12-23-11-2-1-5-16(23)17-15-4-3-10-20-18(15)22-21-17/h1-5,10,13-14H,6-9,11-12,19H2,(H,20,21,22). The molecule has 3 N–H and O–H groups in total. The fourth-order valence-electron chi connectivity index (χ4n) is 3.69. The van der Waals surface area contributed by atoms with Crippen LogP contribution in [0.5, 0.6) is 0 Å². The topological polar surface area (TPSA) is 70.8 Å². The third-order valence-corrected chi connectivity index (χ3v) is 5.01. The predicted molar refractivity (Wildman–Crippen MR) is 92.5 cm³/mol. The van der Waals surface area contributed by atoms with Gasteiger partial charge in [-0.3, -0.25) is 5.10 Å². The van der Waals surface area contributed by atoms with Crippen LogP contribution in [-0.4, -0.2) is 39.2 Å². The van der Waals surface area contributed by atoms with Crippen LogP contribution in [-0.2, 0) is 0 Å². The lowest BCUT2D eigenvalue weighted by molar-refractivity contribution is 0.260. The van der Waals surface area contributed by atoms with Crippen molar-refractivity contribution < 1.29 is 0 Å². The van der Waals surface area contributed by atoms with Gasteiger partial charge >= 0.3 is 0 Å². The quantitative estimate of drug-likeness (QED) is 0.914. The van der Waals surface area contributed by atoms with Gasteiger partial charge in [-0.2, -0.15) is 5.10 Å². The molecule has 120 valence electrons. The van der Waals surface area contributed by atoms with Crippen LogP contribution in [0.4, 0.5) is 0 Å². The molecule has 23 heavy (non-hydrogen) atoms. The zero-order valence-corrected chi connectivity index (χ0v) is 13.3. The van der Waals surface area contributed by atoms with Gasteiger partial charge in [0.05, 0.1) is 11.4 Å². The second-order valence-electron chi connectivity index (χ2n) is 6.64. The molecule has 2 aromatic rings. The van der Waals surface area contributed by atoms with E-state index in [-0.39, 0.29) is 0 Å². The first kappa shape index (κ1) is 14.5. The fraction of sp³-hybridized carbons (Fsp3) is 0.444. The highest BCUT2D eigenvalue weighted by Crippen LogP contribution is 2.30. The van der Waals surface area contributed by atoms with Crippen LogP contribution in [0.1, 0.15) is 31.4 Å². The van der Waals surface area contributed by atoms with Gasteiger partial charge in [-0.25, -0.2) is 4.98 Å². The Hall–Kier alpha value is -2.14. The molecule has 0 atom stereocenters. The Morgan fingerprint density at radius 2 is 2.13 bits per heavy atom. The first-order valence-corrected chi connectivity index (χ1v) is 8.48. The van der Waals surface area contributed by atoms with Crippen LogP contribution >= 0.6 is 0 Å². The van der Waals surface area contributed by atoms with Gasteiger partial charge in [0, 0.05) is 30.7 Å². The average molecular weight is 309 g/mol. The van der Waals surface area contributed by atoms with Gasteiger partial charge in [0.15, 0.2) is 5.65 Å². The summed E-state index contributed by atoms with van der Waals surface area (Å²) in [4.78, 5) is 6.79. The summed E-state index contributed by atoms with van der Waals surface area (Å²) >= 11 is 0. The van der Waals surface area contributed by atoms with Crippen LogP contribution < -0.4 is 5.73 Å². The van der Waals surface area contributed by atoms with E-state index in [9.17, 15) is 0 Å². The zero-order valence-electron chi connectivity index (χ0n) is 13.3. The Morgan fingerprint density at radius 3 is 3.00 bits per heavy atom. The highest BCUT2D eigenvalue weighted by atomic mass is 15.2. The van der Waals surface area contributed by atoms with Crippen molar-refractivity contribution in [1.82, 2.24) is 20.1 Å². The average Bonchev–Trinajstić information content (AvgIpc) is 3.01. The minimum absolute atomic E-state index is 0.408. The Labute approximate surface area is 136 Å². The summed E-state index contributed by atoms with van der Waals surface area (Å²) in [5, 5.41) is 8.61. The fourth-order valence-corrected chi connectivity index (χ4v) is 3.69. The molecule has 2 aliphatic rings. The molecule has 5 heteroatoms. The summed E-state index contributed by atoms with van der Waals surface area (Å²) in [6.45, 7) is 2.04. The van der Waals surface area contributed by atoms with Crippen LogP contribution in [0.15, 0.2) is 36.6 Å². The van der Waals surface area contributed by atoms with Gasteiger partial charge in [0.2, 0.25) is 0 Å². The van der Waals surface area contributed by atoms with Crippen molar-refractivity contribution in [2.24, 2.45) is 11.7 Å². The van der Waals surface area contributed by atoms with E-state index in [0.717, 1.165) is 48.6 Å². The minimum atomic E-state index is 0.408. The molecule has 2 aromatic heterocycles. The predicted octanol–water partition coefficient (Wildman–Crippen LogP) is 2.69. The third-order valence-electron chi connectivity index (χ3n) is 5.01. The first-order chi connectivity index (χ1) is 11.3. The Balaban J connectivity index is 1.58. The Morgan fingerprint density at radius 1 is 1.26 bits per heavy atom. The lowest BCUT2D eigenvalue weighted by Crippen LogP contribution is -2.34. The molecule has 3 heterocycles. The minimum Gasteiger partial charge on any atom is -0.366 e. The van der Waals surface area contributed by atoms with Gasteiger partial charge < -0.3 is 10.6 Å². The lowest BCUT2D eigenvalue weighted by Gasteiger charge is -2.34. The molecule has 1 saturated carbocycles. The first-order valence-electron chi connectivity index (χ1n) is 8.48. The summed E-state index contributed by atoms with van der Waals surface area (Å²) in [5.41, 5.74) is 9.11. The van der Waals surface area contributed by atoms with Crippen molar-refractivity contribution in [1.29, 1.82) is 0 Å². The number of H-pyrrole nitrogens is 1. The van der Waals surface area contributed by atoms with Gasteiger partial charge in [0.1, 0.15) is 0 Å². The molecule has 0 saturated heterocycles. The number of hydrogen-bond acceptors (Lipinski definition) is 4. The number of rotatable bonds is 3. The monoisotopic (exact) mass is 309 g/mol. The summed E-state index contributed by atoms with van der Waals surface area (Å²) in [6, 6.07) is 4.45. The molecule has 1 aliphatic heterocycles. The number of pyridine rings is 1. The summed E-state index contributed by atoms with van der Waals surface area (Å²) < 4.78 is 0. The SMILES string of the molecule is NC1CCC(CN2CC=CC=C2c2[nH]nc3ncccc23)CC1.